The second-order valence-electron chi connectivity index (χ2n) is 6.97. The lowest BCUT2D eigenvalue weighted by atomic mass is 10.1. The monoisotopic (exact) mass is 289 g/mol. The highest BCUT2D eigenvalue weighted by Gasteiger charge is 2.20. The van der Waals surface area contributed by atoms with E-state index in [0.717, 1.165) is 31.4 Å². The number of nitrogens with zero attached hydrogens (tertiary/aromatic N) is 2. The van der Waals surface area contributed by atoms with Crippen LogP contribution in [0.5, 0.6) is 0 Å². The Balaban J connectivity index is 2.19. The summed E-state index contributed by atoms with van der Waals surface area (Å²) in [6, 6.07) is 5.77. The molecule has 3 nitrogen and oxygen atoms in total. The van der Waals surface area contributed by atoms with Crippen LogP contribution < -0.4 is 10.2 Å². The third-order valence-corrected chi connectivity index (χ3v) is 3.94. The number of hydrogen-bond donors (Lipinski definition) is 1. The Morgan fingerprint density at radius 1 is 1.24 bits per heavy atom. The summed E-state index contributed by atoms with van der Waals surface area (Å²) in [6.07, 6.45) is 3.67. The molecule has 1 aliphatic carbocycles. The number of aromatic nitrogens is 1. The maximum atomic E-state index is 4.87. The van der Waals surface area contributed by atoms with E-state index in [-0.39, 0.29) is 0 Å². The van der Waals surface area contributed by atoms with Crippen molar-refractivity contribution in [1.82, 2.24) is 10.3 Å². The van der Waals surface area contributed by atoms with Gasteiger partial charge in [-0.2, -0.15) is 0 Å². The third kappa shape index (κ3) is 4.99. The summed E-state index contributed by atoms with van der Waals surface area (Å²) in [6.45, 7) is 13.3. The second-order valence-corrected chi connectivity index (χ2v) is 6.97. The standard InChI is InChI=1S/C18H31N3/c1-6-16-9-15(11-19-17-7-8-17)10-18(20-16)21(14(4)5)12-13(2)3/h9-10,13-14,17,19H,6-8,11-12H2,1-5H3. The Hall–Kier alpha value is -1.09. The SMILES string of the molecule is CCc1cc(CNC2CC2)cc(N(CC(C)C)C(C)C)n1. The van der Waals surface area contributed by atoms with Gasteiger partial charge in [-0.1, -0.05) is 20.8 Å². The molecule has 118 valence electrons. The number of rotatable bonds is 8. The molecule has 0 bridgehead atoms. The molecule has 0 aromatic carbocycles. The van der Waals surface area contributed by atoms with Gasteiger partial charge in [0.2, 0.25) is 0 Å². The highest BCUT2D eigenvalue weighted by atomic mass is 15.2. The maximum absolute atomic E-state index is 4.87. The van der Waals surface area contributed by atoms with Gasteiger partial charge in [0.1, 0.15) is 5.82 Å². The molecule has 21 heavy (non-hydrogen) atoms. The van der Waals surface area contributed by atoms with Crippen LogP contribution in [0.15, 0.2) is 12.1 Å². The van der Waals surface area contributed by atoms with Crippen LogP contribution in [0.1, 0.15) is 58.7 Å². The molecule has 1 aliphatic rings. The summed E-state index contributed by atoms with van der Waals surface area (Å²) in [5.41, 5.74) is 2.58. The van der Waals surface area contributed by atoms with Crippen LogP contribution >= 0.6 is 0 Å². The molecule has 2 rings (SSSR count). The molecule has 1 heterocycles. The van der Waals surface area contributed by atoms with Crippen molar-refractivity contribution < 1.29 is 0 Å². The Bertz CT molecular complexity index is 450. The largest absolute Gasteiger partial charge is 0.354 e. The molecule has 0 spiro atoms. The summed E-state index contributed by atoms with van der Waals surface area (Å²) in [7, 11) is 0. The van der Waals surface area contributed by atoms with Crippen LogP contribution in [-0.4, -0.2) is 23.6 Å². The van der Waals surface area contributed by atoms with E-state index in [2.05, 4.69) is 57.0 Å². The first-order valence-electron chi connectivity index (χ1n) is 8.49. The van der Waals surface area contributed by atoms with Gasteiger partial charge in [-0.15, -0.1) is 0 Å². The highest BCUT2D eigenvalue weighted by molar-refractivity contribution is 5.44. The highest BCUT2D eigenvalue weighted by Crippen LogP contribution is 2.22. The normalized spacial score (nSPS) is 15.0. The van der Waals surface area contributed by atoms with Crippen LogP contribution in [-0.2, 0) is 13.0 Å². The van der Waals surface area contributed by atoms with Crippen LogP contribution in [0.4, 0.5) is 5.82 Å². The Morgan fingerprint density at radius 3 is 2.48 bits per heavy atom. The van der Waals surface area contributed by atoms with Crippen LogP contribution in [0.25, 0.3) is 0 Å². The van der Waals surface area contributed by atoms with Crippen molar-refractivity contribution in [2.24, 2.45) is 5.92 Å². The van der Waals surface area contributed by atoms with E-state index in [1.807, 2.05) is 0 Å². The molecule has 0 aliphatic heterocycles. The minimum Gasteiger partial charge on any atom is -0.354 e. The van der Waals surface area contributed by atoms with Crippen molar-refractivity contribution in [2.45, 2.75) is 72.5 Å². The van der Waals surface area contributed by atoms with E-state index in [1.165, 1.54) is 24.1 Å². The average molecular weight is 289 g/mol. The summed E-state index contributed by atoms with van der Waals surface area (Å²) in [4.78, 5) is 7.30. The smallest absolute Gasteiger partial charge is 0.129 e. The van der Waals surface area contributed by atoms with Gasteiger partial charge in [-0.05, 0) is 56.7 Å². The fourth-order valence-corrected chi connectivity index (χ4v) is 2.58. The molecular weight excluding hydrogens is 258 g/mol. The molecular formula is C18H31N3. The number of aryl methyl sites for hydroxylation is 1. The van der Waals surface area contributed by atoms with Crippen molar-refractivity contribution in [3.05, 3.63) is 23.4 Å². The Labute approximate surface area is 130 Å². The lowest BCUT2D eigenvalue weighted by Gasteiger charge is -2.30. The molecule has 3 heteroatoms. The molecule has 0 amide bonds. The van der Waals surface area contributed by atoms with Crippen LogP contribution in [0.3, 0.4) is 0 Å². The fraction of sp³-hybridized carbons (Fsp3) is 0.722. The molecule has 0 saturated heterocycles. The molecule has 1 aromatic heterocycles. The van der Waals surface area contributed by atoms with E-state index < -0.39 is 0 Å². The fourth-order valence-electron chi connectivity index (χ4n) is 2.58. The number of nitrogens with one attached hydrogen (secondary N) is 1. The Morgan fingerprint density at radius 2 is 1.95 bits per heavy atom. The first kappa shape index (κ1) is 16.3. The van der Waals surface area contributed by atoms with Gasteiger partial charge < -0.3 is 10.2 Å². The zero-order chi connectivity index (χ0) is 15.4. The molecule has 0 unspecified atom stereocenters. The first-order valence-corrected chi connectivity index (χ1v) is 8.49. The summed E-state index contributed by atoms with van der Waals surface area (Å²) in [5.74, 6) is 1.79. The van der Waals surface area contributed by atoms with Crippen molar-refractivity contribution in [3.63, 3.8) is 0 Å². The van der Waals surface area contributed by atoms with Gasteiger partial charge in [0, 0.05) is 30.9 Å². The van der Waals surface area contributed by atoms with Gasteiger partial charge in [0.05, 0.1) is 0 Å². The predicted molar refractivity (Wildman–Crippen MR) is 90.8 cm³/mol. The van der Waals surface area contributed by atoms with Gasteiger partial charge in [-0.3, -0.25) is 0 Å². The molecule has 1 saturated carbocycles. The number of pyridine rings is 1. The average Bonchev–Trinajstić information content (AvgIpc) is 3.25. The topological polar surface area (TPSA) is 28.2 Å². The lowest BCUT2D eigenvalue weighted by molar-refractivity contribution is 0.564. The van der Waals surface area contributed by atoms with E-state index in [1.54, 1.807) is 0 Å². The second kappa shape index (κ2) is 7.26. The third-order valence-electron chi connectivity index (χ3n) is 3.94. The predicted octanol–water partition coefficient (Wildman–Crippen LogP) is 3.77. The van der Waals surface area contributed by atoms with Crippen molar-refractivity contribution in [2.75, 3.05) is 11.4 Å². The van der Waals surface area contributed by atoms with E-state index in [4.69, 9.17) is 4.98 Å². The molecule has 0 atom stereocenters. The molecule has 1 aromatic rings. The quantitative estimate of drug-likeness (QED) is 0.789. The van der Waals surface area contributed by atoms with Gasteiger partial charge in [-0.25, -0.2) is 4.98 Å². The maximum Gasteiger partial charge on any atom is 0.129 e. The van der Waals surface area contributed by atoms with Gasteiger partial charge >= 0.3 is 0 Å². The zero-order valence-corrected chi connectivity index (χ0v) is 14.3. The summed E-state index contributed by atoms with van der Waals surface area (Å²) >= 11 is 0. The van der Waals surface area contributed by atoms with Crippen molar-refractivity contribution >= 4 is 5.82 Å². The van der Waals surface area contributed by atoms with Gasteiger partial charge in [0.15, 0.2) is 0 Å². The molecule has 1 N–H and O–H groups in total. The summed E-state index contributed by atoms with van der Waals surface area (Å²) in [5, 5.41) is 3.61. The van der Waals surface area contributed by atoms with E-state index in [0.29, 0.717) is 12.0 Å². The summed E-state index contributed by atoms with van der Waals surface area (Å²) < 4.78 is 0. The first-order chi connectivity index (χ1) is 9.99. The number of anilines is 1. The van der Waals surface area contributed by atoms with E-state index >= 15 is 0 Å². The van der Waals surface area contributed by atoms with E-state index in [9.17, 15) is 0 Å². The molecule has 0 radical (unpaired) electrons. The number of hydrogen-bond acceptors (Lipinski definition) is 3. The lowest BCUT2D eigenvalue weighted by Crippen LogP contribution is -2.35. The van der Waals surface area contributed by atoms with Crippen molar-refractivity contribution in [1.29, 1.82) is 0 Å². The van der Waals surface area contributed by atoms with Crippen molar-refractivity contribution in [3.8, 4) is 0 Å². The Kier molecular flexibility index (Phi) is 5.63. The minimum atomic E-state index is 0.483. The molecule has 1 fully saturated rings. The minimum absolute atomic E-state index is 0.483. The van der Waals surface area contributed by atoms with Crippen LogP contribution in [0.2, 0.25) is 0 Å². The zero-order valence-electron chi connectivity index (χ0n) is 14.3. The van der Waals surface area contributed by atoms with Gasteiger partial charge in [0.25, 0.3) is 0 Å². The van der Waals surface area contributed by atoms with Crippen LogP contribution in [0, 0.1) is 5.92 Å².